The van der Waals surface area contributed by atoms with Gasteiger partial charge in [0.2, 0.25) is 0 Å². The first-order valence-electron chi connectivity index (χ1n) is 7.69. The average Bonchev–Trinajstić information content (AvgIpc) is 2.92. The van der Waals surface area contributed by atoms with Gasteiger partial charge in [-0.2, -0.15) is 0 Å². The second-order valence-electron chi connectivity index (χ2n) is 6.34. The van der Waals surface area contributed by atoms with Crippen molar-refractivity contribution in [1.29, 1.82) is 0 Å². The molecule has 1 atom stereocenters. The number of thiazole rings is 1. The molecule has 0 aliphatic heterocycles. The summed E-state index contributed by atoms with van der Waals surface area (Å²) in [7, 11) is 0. The Labute approximate surface area is 137 Å². The fourth-order valence-electron chi connectivity index (χ4n) is 3.53. The molecule has 21 heavy (non-hydrogen) atoms. The molecule has 0 amide bonds. The first kappa shape index (κ1) is 13.9. The van der Waals surface area contributed by atoms with Gasteiger partial charge < -0.3 is 5.73 Å². The van der Waals surface area contributed by atoms with Crippen molar-refractivity contribution >= 4 is 27.3 Å². The second kappa shape index (κ2) is 5.18. The lowest BCUT2D eigenvalue weighted by Crippen LogP contribution is -2.42. The van der Waals surface area contributed by atoms with Gasteiger partial charge in [-0.1, -0.05) is 22.0 Å². The predicted octanol–water partition coefficient (Wildman–Crippen LogP) is 4.13. The lowest BCUT2D eigenvalue weighted by molar-refractivity contribution is 0.382. The van der Waals surface area contributed by atoms with Gasteiger partial charge in [-0.15, -0.1) is 11.3 Å². The van der Waals surface area contributed by atoms with Gasteiger partial charge in [-0.3, -0.25) is 0 Å². The van der Waals surface area contributed by atoms with E-state index in [1.807, 2.05) is 11.3 Å². The molecule has 1 heterocycles. The molecule has 0 spiro atoms. The molecule has 2 aliphatic rings. The third-order valence-electron chi connectivity index (χ3n) is 4.79. The van der Waals surface area contributed by atoms with E-state index in [1.165, 1.54) is 46.0 Å². The lowest BCUT2D eigenvalue weighted by Gasteiger charge is -2.33. The fourth-order valence-corrected chi connectivity index (χ4v) is 5.22. The number of nitrogens with zero attached hydrogens (tertiary/aromatic N) is 1. The van der Waals surface area contributed by atoms with Crippen LogP contribution in [0.1, 0.15) is 46.0 Å². The highest BCUT2D eigenvalue weighted by atomic mass is 79.9. The summed E-state index contributed by atoms with van der Waals surface area (Å²) in [5, 5.41) is 1.17. The monoisotopic (exact) mass is 362 g/mol. The summed E-state index contributed by atoms with van der Waals surface area (Å²) >= 11 is 5.43. The minimum Gasteiger partial charge on any atom is -0.319 e. The second-order valence-corrected chi connectivity index (χ2v) is 8.34. The molecule has 2 aromatic rings. The van der Waals surface area contributed by atoms with Gasteiger partial charge in [0.1, 0.15) is 5.01 Å². The van der Waals surface area contributed by atoms with Gasteiger partial charge in [0, 0.05) is 9.35 Å². The molecule has 2 nitrogen and oxygen atoms in total. The molecule has 2 aliphatic carbocycles. The van der Waals surface area contributed by atoms with Crippen LogP contribution in [0.5, 0.6) is 0 Å². The molecule has 4 heteroatoms. The zero-order valence-electron chi connectivity index (χ0n) is 12.0. The molecule has 0 fully saturated rings. The van der Waals surface area contributed by atoms with Crippen LogP contribution in [0.3, 0.4) is 0 Å². The van der Waals surface area contributed by atoms with Crippen LogP contribution in [0.15, 0.2) is 22.7 Å². The Hall–Kier alpha value is -0.710. The summed E-state index contributed by atoms with van der Waals surface area (Å²) < 4.78 is 1.16. The van der Waals surface area contributed by atoms with Crippen LogP contribution >= 0.6 is 27.3 Å². The van der Waals surface area contributed by atoms with Gasteiger partial charge >= 0.3 is 0 Å². The maximum Gasteiger partial charge on any atom is 0.113 e. The van der Waals surface area contributed by atoms with Crippen LogP contribution in [-0.2, 0) is 31.2 Å². The molecule has 4 rings (SSSR count). The van der Waals surface area contributed by atoms with E-state index in [1.54, 1.807) is 0 Å². The Balaban J connectivity index is 1.68. The van der Waals surface area contributed by atoms with E-state index < -0.39 is 0 Å². The van der Waals surface area contributed by atoms with E-state index >= 15 is 0 Å². The van der Waals surface area contributed by atoms with E-state index in [0.717, 1.165) is 30.2 Å². The summed E-state index contributed by atoms with van der Waals surface area (Å²) in [4.78, 5) is 6.41. The van der Waals surface area contributed by atoms with Gasteiger partial charge in [0.25, 0.3) is 0 Å². The molecular formula is C17H19BrN2S. The minimum atomic E-state index is -0.261. The molecule has 1 unspecified atom stereocenters. The number of rotatable bonds is 1. The van der Waals surface area contributed by atoms with Crippen LogP contribution in [0.2, 0.25) is 0 Å². The molecular weight excluding hydrogens is 344 g/mol. The van der Waals surface area contributed by atoms with Gasteiger partial charge in [-0.25, -0.2) is 4.98 Å². The summed E-state index contributed by atoms with van der Waals surface area (Å²) in [5.74, 6) is 0. The van der Waals surface area contributed by atoms with Crippen molar-refractivity contribution < 1.29 is 0 Å². The number of hydrogen-bond donors (Lipinski definition) is 1. The first-order chi connectivity index (χ1) is 10.1. The Bertz CT molecular complexity index is 671. The smallest absolute Gasteiger partial charge is 0.113 e. The van der Waals surface area contributed by atoms with E-state index in [2.05, 4.69) is 34.1 Å². The van der Waals surface area contributed by atoms with E-state index in [-0.39, 0.29) is 5.54 Å². The molecule has 0 saturated carbocycles. The van der Waals surface area contributed by atoms with Gasteiger partial charge in [0.15, 0.2) is 0 Å². The van der Waals surface area contributed by atoms with Crippen LogP contribution in [0, 0.1) is 0 Å². The summed E-state index contributed by atoms with van der Waals surface area (Å²) in [6.45, 7) is 0. The highest BCUT2D eigenvalue weighted by molar-refractivity contribution is 9.10. The summed E-state index contributed by atoms with van der Waals surface area (Å²) in [6, 6.07) is 6.58. The van der Waals surface area contributed by atoms with Gasteiger partial charge in [0.05, 0.1) is 11.2 Å². The standard InChI is InChI=1S/C17H19BrN2S/c18-13-6-5-12-10-17(19,8-7-11(12)9-13)16-20-14-3-1-2-4-15(14)21-16/h5-6,9H,1-4,7-8,10,19H2. The maximum atomic E-state index is 6.78. The highest BCUT2D eigenvalue weighted by Crippen LogP contribution is 2.39. The number of halogens is 1. The van der Waals surface area contributed by atoms with Crippen molar-refractivity contribution in [2.24, 2.45) is 5.73 Å². The Morgan fingerprint density at radius 3 is 2.86 bits per heavy atom. The Morgan fingerprint density at radius 2 is 2.00 bits per heavy atom. The zero-order chi connectivity index (χ0) is 14.4. The Kier molecular flexibility index (Phi) is 3.43. The number of aromatic nitrogens is 1. The fraction of sp³-hybridized carbons (Fsp3) is 0.471. The van der Waals surface area contributed by atoms with E-state index in [0.29, 0.717) is 0 Å². The van der Waals surface area contributed by atoms with Crippen molar-refractivity contribution in [3.05, 3.63) is 49.4 Å². The molecule has 2 N–H and O–H groups in total. The molecule has 0 saturated heterocycles. The van der Waals surface area contributed by atoms with Crippen LogP contribution in [0.4, 0.5) is 0 Å². The van der Waals surface area contributed by atoms with Crippen LogP contribution in [-0.4, -0.2) is 4.98 Å². The number of benzene rings is 1. The average molecular weight is 363 g/mol. The molecule has 1 aromatic carbocycles. The number of hydrogen-bond acceptors (Lipinski definition) is 3. The van der Waals surface area contributed by atoms with Crippen molar-refractivity contribution in [2.75, 3.05) is 0 Å². The van der Waals surface area contributed by atoms with Gasteiger partial charge in [-0.05, 0) is 68.2 Å². The largest absolute Gasteiger partial charge is 0.319 e. The van der Waals surface area contributed by atoms with Crippen LogP contribution < -0.4 is 5.73 Å². The van der Waals surface area contributed by atoms with Crippen LogP contribution in [0.25, 0.3) is 0 Å². The third kappa shape index (κ3) is 2.47. The summed E-state index contributed by atoms with van der Waals surface area (Å²) in [6.07, 6.45) is 7.91. The third-order valence-corrected chi connectivity index (χ3v) is 6.66. The van der Waals surface area contributed by atoms with Crippen molar-refractivity contribution in [2.45, 2.75) is 50.5 Å². The Morgan fingerprint density at radius 1 is 1.14 bits per heavy atom. The van der Waals surface area contributed by atoms with Crippen molar-refractivity contribution in [3.63, 3.8) is 0 Å². The normalized spacial score (nSPS) is 24.5. The lowest BCUT2D eigenvalue weighted by atomic mass is 9.79. The minimum absolute atomic E-state index is 0.261. The molecule has 1 aromatic heterocycles. The molecule has 0 bridgehead atoms. The highest BCUT2D eigenvalue weighted by Gasteiger charge is 2.36. The number of aryl methyl sites for hydroxylation is 3. The van der Waals surface area contributed by atoms with E-state index in [9.17, 15) is 0 Å². The number of nitrogens with two attached hydrogens (primary N) is 1. The van der Waals surface area contributed by atoms with Crippen molar-refractivity contribution in [1.82, 2.24) is 4.98 Å². The maximum absolute atomic E-state index is 6.78. The first-order valence-corrected chi connectivity index (χ1v) is 9.30. The summed E-state index contributed by atoms with van der Waals surface area (Å²) in [5.41, 5.74) is 10.7. The SMILES string of the molecule is NC1(c2nc3c(s2)CCCC3)CCc2cc(Br)ccc2C1. The quantitative estimate of drug-likeness (QED) is 0.828. The number of fused-ring (bicyclic) bond motifs is 2. The topological polar surface area (TPSA) is 38.9 Å². The van der Waals surface area contributed by atoms with E-state index in [4.69, 9.17) is 10.7 Å². The zero-order valence-corrected chi connectivity index (χ0v) is 14.4. The predicted molar refractivity (Wildman–Crippen MR) is 90.8 cm³/mol. The molecule has 110 valence electrons. The van der Waals surface area contributed by atoms with Crippen molar-refractivity contribution in [3.8, 4) is 0 Å². The molecule has 0 radical (unpaired) electrons.